The maximum absolute atomic E-state index is 11.7. The Balaban J connectivity index is 2.65. The molecule has 0 aliphatic carbocycles. The Morgan fingerprint density at radius 1 is 1.29 bits per heavy atom. The third-order valence-electron chi connectivity index (χ3n) is 3.16. The third-order valence-corrected chi connectivity index (χ3v) is 3.16. The van der Waals surface area contributed by atoms with Crippen LogP contribution in [0.3, 0.4) is 0 Å². The lowest BCUT2D eigenvalue weighted by atomic mass is 10.2. The van der Waals surface area contributed by atoms with Gasteiger partial charge in [-0.15, -0.1) is 0 Å². The summed E-state index contributed by atoms with van der Waals surface area (Å²) in [6.45, 7) is 5.03. The number of hydrogen-bond acceptors (Lipinski definition) is 2. The molecule has 116 valence electrons. The van der Waals surface area contributed by atoms with E-state index < -0.39 is 0 Å². The number of benzene rings is 1. The second-order valence-corrected chi connectivity index (χ2v) is 5.25. The van der Waals surface area contributed by atoms with Gasteiger partial charge in [-0.3, -0.25) is 4.79 Å². The number of guanidine groups is 1. The van der Waals surface area contributed by atoms with E-state index in [0.717, 1.165) is 12.0 Å². The molecular weight excluding hydrogens is 264 g/mol. The van der Waals surface area contributed by atoms with Gasteiger partial charge >= 0.3 is 0 Å². The first-order valence-electron chi connectivity index (χ1n) is 7.31. The monoisotopic (exact) mass is 290 g/mol. The van der Waals surface area contributed by atoms with Crippen molar-refractivity contribution in [2.24, 2.45) is 4.99 Å². The van der Waals surface area contributed by atoms with Gasteiger partial charge in [0.1, 0.15) is 0 Å². The lowest BCUT2D eigenvalue weighted by Gasteiger charge is -2.18. The van der Waals surface area contributed by atoms with Crippen molar-refractivity contribution in [2.45, 2.75) is 32.9 Å². The molecule has 1 rings (SSSR count). The van der Waals surface area contributed by atoms with E-state index in [1.165, 1.54) is 0 Å². The number of carbonyl (C=O) groups is 1. The van der Waals surface area contributed by atoms with E-state index in [9.17, 15) is 4.79 Å². The molecule has 0 aromatic heterocycles. The SMILES string of the molecule is CCC(C)NC(=NCc1ccccc1)NCC(=O)N(C)C. The highest BCUT2D eigenvalue weighted by molar-refractivity contribution is 5.86. The topological polar surface area (TPSA) is 56.7 Å². The van der Waals surface area contributed by atoms with Crippen LogP contribution in [0.15, 0.2) is 35.3 Å². The molecule has 1 unspecified atom stereocenters. The number of rotatable bonds is 6. The van der Waals surface area contributed by atoms with E-state index in [0.29, 0.717) is 18.5 Å². The molecule has 21 heavy (non-hydrogen) atoms. The van der Waals surface area contributed by atoms with Crippen LogP contribution in [0.25, 0.3) is 0 Å². The molecule has 0 saturated carbocycles. The summed E-state index contributed by atoms with van der Waals surface area (Å²) in [5.74, 6) is 0.691. The molecule has 0 bridgehead atoms. The summed E-state index contributed by atoms with van der Waals surface area (Å²) < 4.78 is 0. The van der Waals surface area contributed by atoms with Gasteiger partial charge in [0.25, 0.3) is 0 Å². The first kappa shape index (κ1) is 17.0. The molecular formula is C16H26N4O. The fraction of sp³-hybridized carbons (Fsp3) is 0.500. The average molecular weight is 290 g/mol. The van der Waals surface area contributed by atoms with Crippen molar-refractivity contribution in [3.8, 4) is 0 Å². The largest absolute Gasteiger partial charge is 0.354 e. The Kier molecular flexibility index (Phi) is 7.29. The maximum Gasteiger partial charge on any atom is 0.241 e. The Bertz CT molecular complexity index is 457. The second kappa shape index (κ2) is 9.00. The number of amides is 1. The molecule has 0 saturated heterocycles. The Labute approximate surface area is 127 Å². The molecule has 0 fully saturated rings. The molecule has 5 nitrogen and oxygen atoms in total. The van der Waals surface area contributed by atoms with Crippen LogP contribution in [-0.2, 0) is 11.3 Å². The minimum absolute atomic E-state index is 0.0216. The van der Waals surface area contributed by atoms with Gasteiger partial charge in [-0.05, 0) is 18.9 Å². The van der Waals surface area contributed by atoms with E-state index in [1.807, 2.05) is 30.3 Å². The Morgan fingerprint density at radius 2 is 1.95 bits per heavy atom. The minimum atomic E-state index is 0.0216. The van der Waals surface area contributed by atoms with Crippen LogP contribution in [0.5, 0.6) is 0 Å². The van der Waals surface area contributed by atoms with Crippen LogP contribution >= 0.6 is 0 Å². The van der Waals surface area contributed by atoms with Crippen LogP contribution in [0.2, 0.25) is 0 Å². The van der Waals surface area contributed by atoms with E-state index in [1.54, 1.807) is 19.0 Å². The minimum Gasteiger partial charge on any atom is -0.354 e. The predicted molar refractivity (Wildman–Crippen MR) is 87.2 cm³/mol. The summed E-state index contributed by atoms with van der Waals surface area (Å²) in [7, 11) is 3.49. The van der Waals surface area contributed by atoms with Crippen molar-refractivity contribution in [3.63, 3.8) is 0 Å². The first-order chi connectivity index (χ1) is 10.0. The summed E-state index contributed by atoms with van der Waals surface area (Å²) >= 11 is 0. The molecule has 2 N–H and O–H groups in total. The lowest BCUT2D eigenvalue weighted by molar-refractivity contribution is -0.127. The zero-order valence-corrected chi connectivity index (χ0v) is 13.4. The van der Waals surface area contributed by atoms with Crippen LogP contribution in [0.4, 0.5) is 0 Å². The third kappa shape index (κ3) is 6.79. The highest BCUT2D eigenvalue weighted by Gasteiger charge is 2.07. The van der Waals surface area contributed by atoms with Gasteiger partial charge in [0.05, 0.1) is 13.1 Å². The molecule has 0 heterocycles. The van der Waals surface area contributed by atoms with Crippen molar-refractivity contribution in [3.05, 3.63) is 35.9 Å². The molecule has 1 amide bonds. The van der Waals surface area contributed by atoms with Gasteiger partial charge in [-0.1, -0.05) is 37.3 Å². The van der Waals surface area contributed by atoms with Gasteiger partial charge in [-0.25, -0.2) is 4.99 Å². The van der Waals surface area contributed by atoms with Crippen LogP contribution < -0.4 is 10.6 Å². The van der Waals surface area contributed by atoms with Gasteiger partial charge < -0.3 is 15.5 Å². The molecule has 0 aliphatic heterocycles. The lowest BCUT2D eigenvalue weighted by Crippen LogP contribution is -2.45. The normalized spacial score (nSPS) is 12.7. The molecule has 1 aromatic rings. The zero-order chi connectivity index (χ0) is 15.7. The number of hydrogen-bond donors (Lipinski definition) is 2. The summed E-state index contributed by atoms with van der Waals surface area (Å²) in [4.78, 5) is 17.8. The Morgan fingerprint density at radius 3 is 2.52 bits per heavy atom. The highest BCUT2D eigenvalue weighted by atomic mass is 16.2. The first-order valence-corrected chi connectivity index (χ1v) is 7.31. The summed E-state index contributed by atoms with van der Waals surface area (Å²) in [5, 5.41) is 6.38. The molecule has 5 heteroatoms. The van der Waals surface area contributed by atoms with E-state index >= 15 is 0 Å². The number of aliphatic imine (C=N–C) groups is 1. The molecule has 1 atom stereocenters. The highest BCUT2D eigenvalue weighted by Crippen LogP contribution is 2.00. The zero-order valence-electron chi connectivity index (χ0n) is 13.4. The van der Waals surface area contributed by atoms with Gasteiger partial charge in [0, 0.05) is 20.1 Å². The quantitative estimate of drug-likeness (QED) is 0.618. The van der Waals surface area contributed by atoms with Crippen molar-refractivity contribution < 1.29 is 4.79 Å². The fourth-order valence-corrected chi connectivity index (χ4v) is 1.56. The van der Waals surface area contributed by atoms with E-state index in [2.05, 4.69) is 29.5 Å². The van der Waals surface area contributed by atoms with Crippen LogP contribution in [0, 0.1) is 0 Å². The van der Waals surface area contributed by atoms with Crippen LogP contribution in [0.1, 0.15) is 25.8 Å². The molecule has 1 aromatic carbocycles. The van der Waals surface area contributed by atoms with E-state index in [4.69, 9.17) is 0 Å². The smallest absolute Gasteiger partial charge is 0.241 e. The number of nitrogens with zero attached hydrogens (tertiary/aromatic N) is 2. The van der Waals surface area contributed by atoms with E-state index in [-0.39, 0.29) is 12.5 Å². The van der Waals surface area contributed by atoms with Gasteiger partial charge in [0.15, 0.2) is 5.96 Å². The average Bonchev–Trinajstić information content (AvgIpc) is 2.50. The number of carbonyl (C=O) groups excluding carboxylic acids is 1. The second-order valence-electron chi connectivity index (χ2n) is 5.25. The fourth-order valence-electron chi connectivity index (χ4n) is 1.56. The van der Waals surface area contributed by atoms with Crippen molar-refractivity contribution >= 4 is 11.9 Å². The van der Waals surface area contributed by atoms with Crippen molar-refractivity contribution in [1.82, 2.24) is 15.5 Å². The molecule has 0 spiro atoms. The van der Waals surface area contributed by atoms with Gasteiger partial charge in [0.2, 0.25) is 5.91 Å². The van der Waals surface area contributed by atoms with Gasteiger partial charge in [-0.2, -0.15) is 0 Å². The summed E-state index contributed by atoms with van der Waals surface area (Å²) in [6, 6.07) is 10.4. The molecule has 0 radical (unpaired) electrons. The predicted octanol–water partition coefficient (Wildman–Crippen LogP) is 1.61. The number of nitrogens with one attached hydrogen (secondary N) is 2. The van der Waals surface area contributed by atoms with Crippen LogP contribution in [-0.4, -0.2) is 43.4 Å². The number of likely N-dealkylation sites (N-methyl/N-ethyl adjacent to an activating group) is 1. The van der Waals surface area contributed by atoms with Crippen molar-refractivity contribution in [1.29, 1.82) is 0 Å². The Hall–Kier alpha value is -2.04. The summed E-state index contributed by atoms with van der Waals surface area (Å²) in [5.41, 5.74) is 1.14. The standard InChI is InChI=1S/C16H26N4O/c1-5-13(2)19-16(18-12-15(21)20(3)4)17-11-14-9-7-6-8-10-14/h6-10,13H,5,11-12H2,1-4H3,(H2,17,18,19). The van der Waals surface area contributed by atoms with Crippen molar-refractivity contribution in [2.75, 3.05) is 20.6 Å². The maximum atomic E-state index is 11.7. The molecule has 0 aliphatic rings. The summed E-state index contributed by atoms with van der Waals surface area (Å²) in [6.07, 6.45) is 0.994.